The topological polar surface area (TPSA) is 92.5 Å². The van der Waals surface area contributed by atoms with Crippen LogP contribution in [0.1, 0.15) is 11.6 Å². The van der Waals surface area contributed by atoms with Crippen molar-refractivity contribution in [1.82, 2.24) is 0 Å². The zero-order valence-corrected chi connectivity index (χ0v) is 10.7. The third kappa shape index (κ3) is 3.33. The van der Waals surface area contributed by atoms with Crippen LogP contribution in [0.5, 0.6) is 0 Å². The number of hydrogen-bond donors (Lipinski definition) is 2. The lowest BCUT2D eigenvalue weighted by Gasteiger charge is -2.16. The Kier molecular flexibility index (Phi) is 4.13. The van der Waals surface area contributed by atoms with E-state index in [1.54, 1.807) is 30.3 Å². The van der Waals surface area contributed by atoms with Crippen LogP contribution in [0.15, 0.2) is 48.5 Å². The third-order valence-electron chi connectivity index (χ3n) is 2.83. The van der Waals surface area contributed by atoms with Gasteiger partial charge >= 0.3 is 11.7 Å². The van der Waals surface area contributed by atoms with Crippen molar-refractivity contribution in [3.63, 3.8) is 0 Å². The van der Waals surface area contributed by atoms with Crippen LogP contribution in [0, 0.1) is 15.9 Å². The smallest absolute Gasteiger partial charge is 0.330 e. The molecule has 0 radical (unpaired) electrons. The number of halogens is 1. The van der Waals surface area contributed by atoms with Crippen molar-refractivity contribution >= 4 is 17.3 Å². The Morgan fingerprint density at radius 1 is 1.24 bits per heavy atom. The van der Waals surface area contributed by atoms with Gasteiger partial charge in [0.25, 0.3) is 0 Å². The summed E-state index contributed by atoms with van der Waals surface area (Å²) in [5, 5.41) is 22.6. The van der Waals surface area contributed by atoms with E-state index in [1.165, 1.54) is 6.07 Å². The average molecular weight is 290 g/mol. The number of anilines is 1. The maximum atomic E-state index is 13.3. The first-order valence-corrected chi connectivity index (χ1v) is 5.97. The van der Waals surface area contributed by atoms with E-state index in [0.29, 0.717) is 5.56 Å². The van der Waals surface area contributed by atoms with Gasteiger partial charge in [-0.25, -0.2) is 4.79 Å². The molecule has 2 aromatic carbocycles. The van der Waals surface area contributed by atoms with E-state index in [-0.39, 0.29) is 5.69 Å². The van der Waals surface area contributed by atoms with Crippen molar-refractivity contribution in [2.45, 2.75) is 6.04 Å². The van der Waals surface area contributed by atoms with Crippen LogP contribution >= 0.6 is 0 Å². The molecule has 2 N–H and O–H groups in total. The minimum absolute atomic E-state index is 0.152. The quantitative estimate of drug-likeness (QED) is 0.652. The van der Waals surface area contributed by atoms with Crippen LogP contribution in [0.4, 0.5) is 15.8 Å². The van der Waals surface area contributed by atoms with Gasteiger partial charge in [-0.3, -0.25) is 10.1 Å². The van der Waals surface area contributed by atoms with E-state index in [2.05, 4.69) is 5.32 Å². The summed E-state index contributed by atoms with van der Waals surface area (Å²) in [7, 11) is 0. The van der Waals surface area contributed by atoms with Crippen LogP contribution in [-0.2, 0) is 4.79 Å². The van der Waals surface area contributed by atoms with Gasteiger partial charge in [0, 0.05) is 11.8 Å². The summed E-state index contributed by atoms with van der Waals surface area (Å²) in [4.78, 5) is 21.1. The molecule has 1 unspecified atom stereocenters. The Labute approximate surface area is 119 Å². The number of carbonyl (C=O) groups is 1. The van der Waals surface area contributed by atoms with Gasteiger partial charge in [0.2, 0.25) is 5.82 Å². The van der Waals surface area contributed by atoms with E-state index in [1.807, 2.05) is 0 Å². The van der Waals surface area contributed by atoms with E-state index < -0.39 is 28.4 Å². The molecule has 0 amide bonds. The molecule has 21 heavy (non-hydrogen) atoms. The van der Waals surface area contributed by atoms with Gasteiger partial charge in [-0.1, -0.05) is 30.3 Å². The molecule has 0 aliphatic rings. The highest BCUT2D eigenvalue weighted by molar-refractivity contribution is 5.79. The second kappa shape index (κ2) is 6.00. The number of carboxylic acids is 1. The summed E-state index contributed by atoms with van der Waals surface area (Å²) in [6.45, 7) is 0. The number of nitrogens with zero attached hydrogens (tertiary/aromatic N) is 1. The molecule has 7 heteroatoms. The van der Waals surface area contributed by atoms with Crippen LogP contribution in [0.25, 0.3) is 0 Å². The number of nitrogens with one attached hydrogen (secondary N) is 1. The van der Waals surface area contributed by atoms with Gasteiger partial charge < -0.3 is 10.4 Å². The van der Waals surface area contributed by atoms with Gasteiger partial charge in [0.1, 0.15) is 0 Å². The van der Waals surface area contributed by atoms with Crippen molar-refractivity contribution in [3.05, 3.63) is 70.0 Å². The monoisotopic (exact) mass is 290 g/mol. The molecule has 0 saturated heterocycles. The SMILES string of the molecule is O=C(O)C(Nc1ccc(F)c([N+](=O)[O-])c1)c1ccccc1. The van der Waals surface area contributed by atoms with Crippen molar-refractivity contribution in [3.8, 4) is 0 Å². The number of nitro benzene ring substituents is 1. The summed E-state index contributed by atoms with van der Waals surface area (Å²) in [5.41, 5.74) is -0.0754. The molecule has 0 spiro atoms. The van der Waals surface area contributed by atoms with Gasteiger partial charge in [-0.15, -0.1) is 0 Å². The lowest BCUT2D eigenvalue weighted by Crippen LogP contribution is -2.20. The Bertz CT molecular complexity index is 676. The highest BCUT2D eigenvalue weighted by atomic mass is 19.1. The molecule has 0 aromatic heterocycles. The zero-order valence-electron chi connectivity index (χ0n) is 10.7. The lowest BCUT2D eigenvalue weighted by atomic mass is 10.1. The fraction of sp³-hybridized carbons (Fsp3) is 0.0714. The zero-order chi connectivity index (χ0) is 15.4. The molecule has 1 atom stereocenters. The van der Waals surface area contributed by atoms with Crippen molar-refractivity contribution in [1.29, 1.82) is 0 Å². The second-order valence-corrected chi connectivity index (χ2v) is 4.25. The normalized spacial score (nSPS) is 11.7. The van der Waals surface area contributed by atoms with Crippen LogP contribution in [-0.4, -0.2) is 16.0 Å². The minimum atomic E-state index is -1.15. The van der Waals surface area contributed by atoms with Crippen LogP contribution in [0.2, 0.25) is 0 Å². The summed E-state index contributed by atoms with van der Waals surface area (Å²) < 4.78 is 13.3. The minimum Gasteiger partial charge on any atom is -0.479 e. The Morgan fingerprint density at radius 2 is 1.90 bits per heavy atom. The maximum absolute atomic E-state index is 13.3. The Balaban J connectivity index is 2.32. The van der Waals surface area contributed by atoms with E-state index in [4.69, 9.17) is 0 Å². The summed E-state index contributed by atoms with van der Waals surface area (Å²) in [5.74, 6) is -2.12. The number of rotatable bonds is 5. The number of carboxylic acid groups (broad SMARTS) is 1. The molecule has 2 aromatic rings. The van der Waals surface area contributed by atoms with E-state index in [0.717, 1.165) is 12.1 Å². The molecular weight excluding hydrogens is 279 g/mol. The molecule has 2 rings (SSSR count). The summed E-state index contributed by atoms with van der Waals surface area (Å²) in [6, 6.07) is 10.4. The number of hydrogen-bond acceptors (Lipinski definition) is 4. The standard InChI is InChI=1S/C14H11FN2O4/c15-11-7-6-10(8-12(11)17(20)21)16-13(14(18)19)9-4-2-1-3-5-9/h1-8,13,16H,(H,18,19). The predicted octanol–water partition coefficient (Wildman–Crippen LogP) is 2.97. The highest BCUT2D eigenvalue weighted by Gasteiger charge is 2.21. The summed E-state index contributed by atoms with van der Waals surface area (Å²) >= 11 is 0. The lowest BCUT2D eigenvalue weighted by molar-refractivity contribution is -0.387. The van der Waals surface area contributed by atoms with E-state index >= 15 is 0 Å². The average Bonchev–Trinajstić information content (AvgIpc) is 2.46. The molecule has 0 aliphatic carbocycles. The van der Waals surface area contributed by atoms with Gasteiger partial charge in [-0.05, 0) is 17.7 Å². The van der Waals surface area contributed by atoms with Crippen LogP contribution < -0.4 is 5.32 Å². The second-order valence-electron chi connectivity index (χ2n) is 4.25. The van der Waals surface area contributed by atoms with Gasteiger partial charge in [0.05, 0.1) is 4.92 Å². The largest absolute Gasteiger partial charge is 0.479 e. The Hall–Kier alpha value is -2.96. The van der Waals surface area contributed by atoms with Crippen LogP contribution in [0.3, 0.4) is 0 Å². The molecule has 6 nitrogen and oxygen atoms in total. The van der Waals surface area contributed by atoms with Crippen molar-refractivity contribution in [2.75, 3.05) is 5.32 Å². The predicted molar refractivity (Wildman–Crippen MR) is 73.5 cm³/mol. The molecule has 0 bridgehead atoms. The molecule has 0 fully saturated rings. The first-order chi connectivity index (χ1) is 9.99. The van der Waals surface area contributed by atoms with Gasteiger partial charge in [0.15, 0.2) is 6.04 Å². The number of aliphatic carboxylic acids is 1. The third-order valence-corrected chi connectivity index (χ3v) is 2.83. The van der Waals surface area contributed by atoms with Crippen molar-refractivity contribution < 1.29 is 19.2 Å². The first kappa shape index (κ1) is 14.4. The molecular formula is C14H11FN2O4. The first-order valence-electron chi connectivity index (χ1n) is 5.97. The van der Waals surface area contributed by atoms with Gasteiger partial charge in [-0.2, -0.15) is 4.39 Å². The van der Waals surface area contributed by atoms with Crippen molar-refractivity contribution in [2.24, 2.45) is 0 Å². The van der Waals surface area contributed by atoms with E-state index in [9.17, 15) is 24.4 Å². The molecule has 0 aliphatic heterocycles. The highest BCUT2D eigenvalue weighted by Crippen LogP contribution is 2.25. The fourth-order valence-electron chi connectivity index (χ4n) is 1.84. The maximum Gasteiger partial charge on any atom is 0.330 e. The fourth-order valence-corrected chi connectivity index (χ4v) is 1.84. The molecule has 0 saturated carbocycles. The number of nitro groups is 1. The number of benzene rings is 2. The molecule has 0 heterocycles. The molecule has 108 valence electrons. The summed E-state index contributed by atoms with van der Waals surface area (Å²) in [6.07, 6.45) is 0. The Morgan fingerprint density at radius 3 is 2.48 bits per heavy atom.